The van der Waals surface area contributed by atoms with Crippen molar-refractivity contribution in [2.24, 2.45) is 5.92 Å². The number of hydrogen-bond donors (Lipinski definition) is 2. The fourth-order valence-corrected chi connectivity index (χ4v) is 2.86. The summed E-state index contributed by atoms with van der Waals surface area (Å²) in [4.78, 5) is 12.1. The van der Waals surface area contributed by atoms with E-state index in [9.17, 15) is 4.79 Å². The molecule has 0 aromatic heterocycles. The Morgan fingerprint density at radius 2 is 2.26 bits per heavy atom. The molecule has 1 fully saturated rings. The molecule has 1 atom stereocenters. The summed E-state index contributed by atoms with van der Waals surface area (Å²) in [6.07, 6.45) is 1.98. The molecule has 2 N–H and O–H groups in total. The molecule has 1 aromatic rings. The molecule has 5 nitrogen and oxygen atoms in total. The maximum atomic E-state index is 12.1. The van der Waals surface area contributed by atoms with Crippen LogP contribution < -0.4 is 20.1 Å². The van der Waals surface area contributed by atoms with Crippen molar-refractivity contribution >= 4 is 29.9 Å². The molecule has 0 spiro atoms. The smallest absolute Gasteiger partial charge is 0.224 e. The van der Waals surface area contributed by atoms with E-state index in [-0.39, 0.29) is 24.2 Å². The number of amides is 1. The molecule has 0 bridgehead atoms. The molecule has 1 unspecified atom stereocenters. The van der Waals surface area contributed by atoms with Crippen LogP contribution in [-0.2, 0) is 11.3 Å². The Morgan fingerprint density at radius 3 is 2.87 bits per heavy atom. The van der Waals surface area contributed by atoms with Crippen molar-refractivity contribution in [2.75, 3.05) is 26.8 Å². The van der Waals surface area contributed by atoms with Gasteiger partial charge in [0.2, 0.25) is 5.91 Å². The zero-order chi connectivity index (χ0) is 15.9. The highest BCUT2D eigenvalue weighted by atomic mass is 35.5. The molecule has 1 aliphatic heterocycles. The number of halogens is 2. The van der Waals surface area contributed by atoms with E-state index >= 15 is 0 Å². The summed E-state index contributed by atoms with van der Waals surface area (Å²) < 4.78 is 10.8. The molecule has 2 rings (SSSR count). The van der Waals surface area contributed by atoms with Gasteiger partial charge in [0, 0.05) is 13.1 Å². The van der Waals surface area contributed by atoms with Crippen LogP contribution in [0, 0.1) is 5.92 Å². The SMILES string of the molecule is CCOc1c(Cl)cc(CNC(=O)C2CCCNC2)cc1OC.Cl. The number of carbonyl (C=O) groups excluding carboxylic acids is 1. The summed E-state index contributed by atoms with van der Waals surface area (Å²) in [5, 5.41) is 6.70. The van der Waals surface area contributed by atoms with E-state index in [2.05, 4.69) is 10.6 Å². The molecule has 1 saturated heterocycles. The predicted molar refractivity (Wildman–Crippen MR) is 93.9 cm³/mol. The summed E-state index contributed by atoms with van der Waals surface area (Å²) in [6.45, 7) is 4.58. The van der Waals surface area contributed by atoms with Gasteiger partial charge in [-0.1, -0.05) is 11.6 Å². The molecular formula is C16H24Cl2N2O3. The molecule has 1 amide bonds. The summed E-state index contributed by atoms with van der Waals surface area (Å²) in [7, 11) is 1.57. The second-order valence-corrected chi connectivity index (χ2v) is 5.71. The lowest BCUT2D eigenvalue weighted by Gasteiger charge is -2.22. The maximum absolute atomic E-state index is 12.1. The number of nitrogens with one attached hydrogen (secondary N) is 2. The van der Waals surface area contributed by atoms with Crippen LogP contribution in [0.5, 0.6) is 11.5 Å². The van der Waals surface area contributed by atoms with Crippen molar-refractivity contribution in [1.29, 1.82) is 0 Å². The molecule has 7 heteroatoms. The molecule has 1 aromatic carbocycles. The van der Waals surface area contributed by atoms with Crippen LogP contribution >= 0.6 is 24.0 Å². The first kappa shape index (κ1) is 19.9. The Hall–Kier alpha value is -1.17. The lowest BCUT2D eigenvalue weighted by molar-refractivity contribution is -0.125. The fourth-order valence-electron chi connectivity index (χ4n) is 2.57. The van der Waals surface area contributed by atoms with Gasteiger partial charge in [0.1, 0.15) is 0 Å². The van der Waals surface area contributed by atoms with Crippen LogP contribution in [0.15, 0.2) is 12.1 Å². The average Bonchev–Trinajstić information content (AvgIpc) is 2.55. The lowest BCUT2D eigenvalue weighted by atomic mass is 9.99. The quantitative estimate of drug-likeness (QED) is 0.816. The van der Waals surface area contributed by atoms with Crippen LogP contribution in [0.2, 0.25) is 5.02 Å². The summed E-state index contributed by atoms with van der Waals surface area (Å²) in [5.74, 6) is 1.25. The summed E-state index contributed by atoms with van der Waals surface area (Å²) in [6, 6.07) is 3.64. The molecule has 1 aliphatic rings. The van der Waals surface area contributed by atoms with E-state index in [1.807, 2.05) is 13.0 Å². The number of hydrogen-bond acceptors (Lipinski definition) is 4. The van der Waals surface area contributed by atoms with Crippen molar-refractivity contribution < 1.29 is 14.3 Å². The standard InChI is InChI=1S/C16H23ClN2O3.ClH/c1-3-22-15-13(17)7-11(8-14(15)21-2)9-19-16(20)12-5-4-6-18-10-12;/h7-8,12,18H,3-6,9-10H2,1-2H3,(H,19,20);1H. The van der Waals surface area contributed by atoms with Crippen molar-refractivity contribution in [3.05, 3.63) is 22.7 Å². The van der Waals surface area contributed by atoms with E-state index < -0.39 is 0 Å². The van der Waals surface area contributed by atoms with Crippen molar-refractivity contribution in [1.82, 2.24) is 10.6 Å². The Morgan fingerprint density at radius 1 is 1.48 bits per heavy atom. The third kappa shape index (κ3) is 5.44. The first-order valence-electron chi connectivity index (χ1n) is 7.63. The van der Waals surface area contributed by atoms with Gasteiger partial charge in [-0.25, -0.2) is 0 Å². The first-order valence-corrected chi connectivity index (χ1v) is 8.01. The van der Waals surface area contributed by atoms with Crippen LogP contribution in [-0.4, -0.2) is 32.7 Å². The van der Waals surface area contributed by atoms with Crippen molar-refractivity contribution in [3.8, 4) is 11.5 Å². The Labute approximate surface area is 148 Å². The average molecular weight is 363 g/mol. The van der Waals surface area contributed by atoms with Gasteiger partial charge >= 0.3 is 0 Å². The van der Waals surface area contributed by atoms with E-state index in [4.69, 9.17) is 21.1 Å². The van der Waals surface area contributed by atoms with Gasteiger partial charge in [-0.2, -0.15) is 0 Å². The second-order valence-electron chi connectivity index (χ2n) is 5.30. The minimum Gasteiger partial charge on any atom is -0.493 e. The molecule has 23 heavy (non-hydrogen) atoms. The molecule has 1 heterocycles. The first-order chi connectivity index (χ1) is 10.7. The topological polar surface area (TPSA) is 59.6 Å². The predicted octanol–water partition coefficient (Wildman–Crippen LogP) is 2.78. The molecule has 0 radical (unpaired) electrons. The number of methoxy groups -OCH3 is 1. The molecular weight excluding hydrogens is 339 g/mol. The van der Waals surface area contributed by atoms with E-state index in [1.54, 1.807) is 13.2 Å². The van der Waals surface area contributed by atoms with Crippen LogP contribution in [0.4, 0.5) is 0 Å². The summed E-state index contributed by atoms with van der Waals surface area (Å²) in [5.41, 5.74) is 0.891. The van der Waals surface area contributed by atoms with E-state index in [0.717, 1.165) is 31.5 Å². The van der Waals surface area contributed by atoms with Crippen molar-refractivity contribution in [2.45, 2.75) is 26.3 Å². The molecule has 0 saturated carbocycles. The molecule has 130 valence electrons. The number of carbonyl (C=O) groups is 1. The second kappa shape index (κ2) is 9.85. The van der Waals surface area contributed by atoms with Crippen molar-refractivity contribution in [3.63, 3.8) is 0 Å². The minimum absolute atomic E-state index is 0. The highest BCUT2D eigenvalue weighted by Gasteiger charge is 2.20. The van der Waals surface area contributed by atoms with Gasteiger partial charge < -0.3 is 20.1 Å². The van der Waals surface area contributed by atoms with Gasteiger partial charge in [-0.05, 0) is 44.0 Å². The normalized spacial score (nSPS) is 17.1. The third-order valence-electron chi connectivity index (χ3n) is 3.71. The maximum Gasteiger partial charge on any atom is 0.224 e. The zero-order valence-corrected chi connectivity index (χ0v) is 15.1. The Bertz CT molecular complexity index is 520. The number of ether oxygens (including phenoxy) is 2. The van der Waals surface area contributed by atoms with Crippen LogP contribution in [0.1, 0.15) is 25.3 Å². The minimum atomic E-state index is 0. The largest absolute Gasteiger partial charge is 0.493 e. The molecule has 0 aliphatic carbocycles. The fraction of sp³-hybridized carbons (Fsp3) is 0.562. The third-order valence-corrected chi connectivity index (χ3v) is 3.99. The summed E-state index contributed by atoms with van der Waals surface area (Å²) >= 11 is 6.23. The van der Waals surface area contributed by atoms with Gasteiger partial charge in [0.05, 0.1) is 24.7 Å². The monoisotopic (exact) mass is 362 g/mol. The van der Waals surface area contributed by atoms with Crippen LogP contribution in [0.3, 0.4) is 0 Å². The van der Waals surface area contributed by atoms with E-state index in [0.29, 0.717) is 29.7 Å². The Kier molecular flexibility index (Phi) is 8.52. The van der Waals surface area contributed by atoms with Gasteiger partial charge in [-0.3, -0.25) is 4.79 Å². The zero-order valence-electron chi connectivity index (χ0n) is 13.5. The van der Waals surface area contributed by atoms with Gasteiger partial charge in [0.25, 0.3) is 0 Å². The van der Waals surface area contributed by atoms with Crippen LogP contribution in [0.25, 0.3) is 0 Å². The number of benzene rings is 1. The lowest BCUT2D eigenvalue weighted by Crippen LogP contribution is -2.40. The van der Waals surface area contributed by atoms with Gasteiger partial charge in [-0.15, -0.1) is 12.4 Å². The number of piperidine rings is 1. The highest BCUT2D eigenvalue weighted by molar-refractivity contribution is 6.32. The highest BCUT2D eigenvalue weighted by Crippen LogP contribution is 2.36. The van der Waals surface area contributed by atoms with E-state index in [1.165, 1.54) is 0 Å². The van der Waals surface area contributed by atoms with Gasteiger partial charge in [0.15, 0.2) is 11.5 Å². The Balaban J connectivity index is 0.00000264. The number of rotatable bonds is 6.